The summed E-state index contributed by atoms with van der Waals surface area (Å²) in [5.41, 5.74) is 0.395. The molecule has 0 aliphatic carbocycles. The lowest BCUT2D eigenvalue weighted by Crippen LogP contribution is -2.40. The van der Waals surface area contributed by atoms with Crippen molar-refractivity contribution in [2.45, 2.75) is 25.6 Å². The second kappa shape index (κ2) is 8.78. The average molecular weight is 434 g/mol. The highest BCUT2D eigenvalue weighted by atomic mass is 35.5. The number of non-ortho nitro benzene ring substituents is 1. The maximum Gasteiger partial charge on any atom is 0.310 e. The molecule has 2 atom stereocenters. The van der Waals surface area contributed by atoms with Gasteiger partial charge in [-0.3, -0.25) is 24.5 Å². The number of nitrogens with zero attached hydrogens (tertiary/aromatic N) is 1. The molecule has 2 aromatic carbocycles. The van der Waals surface area contributed by atoms with Gasteiger partial charge in [0.25, 0.3) is 17.5 Å². The Hall–Kier alpha value is -3.66. The molecule has 11 heteroatoms. The van der Waals surface area contributed by atoms with Crippen LogP contribution in [0.5, 0.6) is 5.75 Å². The van der Waals surface area contributed by atoms with Gasteiger partial charge in [-0.2, -0.15) is 0 Å². The minimum atomic E-state index is -1.21. The Kier molecular flexibility index (Phi) is 6.17. The van der Waals surface area contributed by atoms with E-state index in [-0.39, 0.29) is 16.4 Å². The maximum absolute atomic E-state index is 12.2. The molecule has 30 heavy (non-hydrogen) atoms. The Labute approximate surface area is 175 Å². The van der Waals surface area contributed by atoms with Gasteiger partial charge in [0.2, 0.25) is 0 Å². The highest BCUT2D eigenvalue weighted by Gasteiger charge is 2.31. The third-order valence-electron chi connectivity index (χ3n) is 4.16. The van der Waals surface area contributed by atoms with Gasteiger partial charge in [0.05, 0.1) is 27.7 Å². The molecule has 2 aromatic rings. The van der Waals surface area contributed by atoms with Gasteiger partial charge in [0.15, 0.2) is 12.2 Å². The summed E-state index contributed by atoms with van der Waals surface area (Å²) in [6.07, 6.45) is -2.69. The van der Waals surface area contributed by atoms with E-state index >= 15 is 0 Å². The molecule has 1 aliphatic rings. The number of nitro groups is 1. The fourth-order valence-electron chi connectivity index (χ4n) is 2.63. The van der Waals surface area contributed by atoms with Crippen LogP contribution in [0.4, 0.5) is 17.1 Å². The van der Waals surface area contributed by atoms with Crippen molar-refractivity contribution in [2.75, 3.05) is 10.6 Å². The number of benzene rings is 2. The van der Waals surface area contributed by atoms with Gasteiger partial charge in [0.1, 0.15) is 5.75 Å². The van der Waals surface area contributed by atoms with E-state index in [2.05, 4.69) is 10.6 Å². The number of carbonyl (C=O) groups is 3. The van der Waals surface area contributed by atoms with Crippen LogP contribution in [0.15, 0.2) is 42.5 Å². The largest absolute Gasteiger partial charge is 0.478 e. The van der Waals surface area contributed by atoms with Crippen molar-refractivity contribution >= 4 is 46.4 Å². The zero-order valence-electron chi connectivity index (χ0n) is 15.6. The molecule has 0 unspecified atom stereocenters. The second-order valence-electron chi connectivity index (χ2n) is 6.34. The Morgan fingerprint density at radius 3 is 2.77 bits per heavy atom. The molecule has 2 N–H and O–H groups in total. The summed E-state index contributed by atoms with van der Waals surface area (Å²) in [7, 11) is 0. The molecule has 0 saturated heterocycles. The van der Waals surface area contributed by atoms with E-state index in [1.807, 2.05) is 0 Å². The van der Waals surface area contributed by atoms with Crippen molar-refractivity contribution < 1.29 is 28.8 Å². The number of amides is 2. The number of hydrogen-bond donors (Lipinski definition) is 2. The first-order chi connectivity index (χ1) is 14.2. The quantitative estimate of drug-likeness (QED) is 0.406. The summed E-state index contributed by atoms with van der Waals surface area (Å²) in [6.45, 7) is 1.34. The molecule has 0 aromatic heterocycles. The minimum absolute atomic E-state index is 0.0398. The first-order valence-corrected chi connectivity index (χ1v) is 9.13. The van der Waals surface area contributed by atoms with Crippen LogP contribution < -0.4 is 15.4 Å². The van der Waals surface area contributed by atoms with Crippen molar-refractivity contribution in [1.29, 1.82) is 0 Å². The van der Waals surface area contributed by atoms with Crippen LogP contribution in [0, 0.1) is 10.1 Å². The Morgan fingerprint density at radius 2 is 2.07 bits per heavy atom. The first kappa shape index (κ1) is 21.1. The van der Waals surface area contributed by atoms with Crippen LogP contribution in [-0.4, -0.2) is 34.9 Å². The number of para-hydroxylation sites is 2. The molecular formula is C19H16ClN3O7. The molecule has 0 fully saturated rings. The van der Waals surface area contributed by atoms with Crippen molar-refractivity contribution in [3.63, 3.8) is 0 Å². The van der Waals surface area contributed by atoms with Crippen LogP contribution in [-0.2, 0) is 19.1 Å². The second-order valence-corrected chi connectivity index (χ2v) is 6.75. The van der Waals surface area contributed by atoms with E-state index in [0.717, 1.165) is 6.07 Å². The summed E-state index contributed by atoms with van der Waals surface area (Å²) >= 11 is 5.93. The predicted molar refractivity (Wildman–Crippen MR) is 106 cm³/mol. The fourth-order valence-corrected chi connectivity index (χ4v) is 2.85. The van der Waals surface area contributed by atoms with Crippen LogP contribution in [0.3, 0.4) is 0 Å². The van der Waals surface area contributed by atoms with Crippen LogP contribution >= 0.6 is 11.6 Å². The van der Waals surface area contributed by atoms with Crippen molar-refractivity contribution in [1.82, 2.24) is 0 Å². The van der Waals surface area contributed by atoms with E-state index in [1.165, 1.54) is 19.1 Å². The molecule has 156 valence electrons. The average Bonchev–Trinajstić information content (AvgIpc) is 2.69. The number of rotatable bonds is 6. The van der Waals surface area contributed by atoms with Gasteiger partial charge in [-0.05, 0) is 25.1 Å². The monoisotopic (exact) mass is 433 g/mol. The highest BCUT2D eigenvalue weighted by Crippen LogP contribution is 2.30. The molecule has 1 heterocycles. The molecule has 2 amide bonds. The molecule has 3 rings (SSSR count). The lowest BCUT2D eigenvalue weighted by Gasteiger charge is -2.25. The summed E-state index contributed by atoms with van der Waals surface area (Å²) < 4.78 is 10.6. The van der Waals surface area contributed by atoms with Gasteiger partial charge < -0.3 is 20.1 Å². The SMILES string of the molecule is C[C@@H](OC(=O)C[C@@H]1Oc2ccccc2NC1=O)C(=O)Nc1ccc([N+](=O)[O-])cc1Cl. The highest BCUT2D eigenvalue weighted by molar-refractivity contribution is 6.34. The Balaban J connectivity index is 1.56. The number of anilines is 2. The lowest BCUT2D eigenvalue weighted by molar-refractivity contribution is -0.384. The van der Waals surface area contributed by atoms with Crippen molar-refractivity contribution in [2.24, 2.45) is 0 Å². The van der Waals surface area contributed by atoms with Crippen LogP contribution in [0.1, 0.15) is 13.3 Å². The van der Waals surface area contributed by atoms with Gasteiger partial charge in [-0.25, -0.2) is 0 Å². The molecule has 0 bridgehead atoms. The number of esters is 1. The van der Waals surface area contributed by atoms with Crippen molar-refractivity contribution in [3.8, 4) is 5.75 Å². The number of ether oxygens (including phenoxy) is 2. The molecule has 1 aliphatic heterocycles. The molecule has 0 saturated carbocycles. The third kappa shape index (κ3) is 4.84. The number of halogens is 1. The fraction of sp³-hybridized carbons (Fsp3) is 0.211. The topological polar surface area (TPSA) is 137 Å². The number of hydrogen-bond acceptors (Lipinski definition) is 7. The number of nitro benzene ring substituents is 1. The first-order valence-electron chi connectivity index (χ1n) is 8.75. The summed E-state index contributed by atoms with van der Waals surface area (Å²) in [5, 5.41) is 15.7. The number of nitrogens with one attached hydrogen (secondary N) is 2. The zero-order chi connectivity index (χ0) is 21.8. The Bertz CT molecular complexity index is 1030. The lowest BCUT2D eigenvalue weighted by atomic mass is 10.1. The molecular weight excluding hydrogens is 418 g/mol. The molecule has 10 nitrogen and oxygen atoms in total. The van der Waals surface area contributed by atoms with E-state index in [9.17, 15) is 24.5 Å². The maximum atomic E-state index is 12.2. The van der Waals surface area contributed by atoms with Crippen molar-refractivity contribution in [3.05, 3.63) is 57.6 Å². The van der Waals surface area contributed by atoms with E-state index in [1.54, 1.807) is 24.3 Å². The summed E-state index contributed by atoms with van der Waals surface area (Å²) in [5.74, 6) is -1.58. The van der Waals surface area contributed by atoms with Crippen LogP contribution in [0.2, 0.25) is 5.02 Å². The normalized spacial score (nSPS) is 15.8. The van der Waals surface area contributed by atoms with E-state index in [0.29, 0.717) is 11.4 Å². The van der Waals surface area contributed by atoms with Gasteiger partial charge >= 0.3 is 5.97 Å². The molecule has 0 radical (unpaired) electrons. The zero-order valence-corrected chi connectivity index (χ0v) is 16.3. The third-order valence-corrected chi connectivity index (χ3v) is 4.47. The smallest absolute Gasteiger partial charge is 0.310 e. The molecule has 0 spiro atoms. The number of fused-ring (bicyclic) bond motifs is 1. The minimum Gasteiger partial charge on any atom is -0.478 e. The Morgan fingerprint density at radius 1 is 1.33 bits per heavy atom. The van der Waals surface area contributed by atoms with Gasteiger partial charge in [-0.15, -0.1) is 0 Å². The van der Waals surface area contributed by atoms with Gasteiger partial charge in [0, 0.05) is 12.1 Å². The van der Waals surface area contributed by atoms with E-state index < -0.39 is 41.3 Å². The summed E-state index contributed by atoms with van der Waals surface area (Å²) in [6, 6.07) is 10.3. The standard InChI is InChI=1S/C19H16ClN3O7/c1-10(18(25)21-13-7-6-11(23(27)28)8-12(13)20)29-17(24)9-16-19(26)22-14-4-2-3-5-15(14)30-16/h2-8,10,16H,9H2,1H3,(H,21,25)(H,22,26)/t10-,16+/m1/s1. The van der Waals surface area contributed by atoms with Gasteiger partial charge in [-0.1, -0.05) is 23.7 Å². The summed E-state index contributed by atoms with van der Waals surface area (Å²) in [4.78, 5) is 46.6. The predicted octanol–water partition coefficient (Wildman–Crippen LogP) is 2.91. The van der Waals surface area contributed by atoms with E-state index in [4.69, 9.17) is 21.1 Å². The van der Waals surface area contributed by atoms with Crippen LogP contribution in [0.25, 0.3) is 0 Å². The number of carbonyl (C=O) groups excluding carboxylic acids is 3.